The molecule has 0 bridgehead atoms. The lowest BCUT2D eigenvalue weighted by Gasteiger charge is -2.12. The van der Waals surface area contributed by atoms with Gasteiger partial charge in [-0.05, 0) is 44.2 Å². The van der Waals surface area contributed by atoms with E-state index in [1.807, 2.05) is 36.6 Å². The summed E-state index contributed by atoms with van der Waals surface area (Å²) in [6, 6.07) is 17.0. The summed E-state index contributed by atoms with van der Waals surface area (Å²) in [5.74, 6) is 1.36. The van der Waals surface area contributed by atoms with Crippen molar-refractivity contribution in [2.75, 3.05) is 5.32 Å². The summed E-state index contributed by atoms with van der Waals surface area (Å²) in [5, 5.41) is 20.9. The first-order valence-electron chi connectivity index (χ1n) is 9.95. The molecule has 2 aromatic heterocycles. The summed E-state index contributed by atoms with van der Waals surface area (Å²) in [4.78, 5) is 17.3. The van der Waals surface area contributed by atoms with Crippen molar-refractivity contribution >= 4 is 56.7 Å². The van der Waals surface area contributed by atoms with E-state index in [1.54, 1.807) is 47.4 Å². The number of thioether (sulfide) groups is 2. The molecule has 0 saturated carbocycles. The molecule has 4 aromatic rings. The average molecular weight is 481 g/mol. The van der Waals surface area contributed by atoms with Crippen molar-refractivity contribution in [3.05, 3.63) is 59.9 Å². The van der Waals surface area contributed by atoms with E-state index < -0.39 is 0 Å². The van der Waals surface area contributed by atoms with E-state index in [4.69, 9.17) is 5.26 Å². The SMILES string of the molecule is CCn1c(CSc2nc3ccccc3s2)nnc1SC(C)C(=O)Nc1cccc(C#N)c1. The van der Waals surface area contributed by atoms with Gasteiger partial charge in [0.2, 0.25) is 5.91 Å². The minimum absolute atomic E-state index is 0.152. The lowest BCUT2D eigenvalue weighted by Crippen LogP contribution is -2.23. The van der Waals surface area contributed by atoms with Gasteiger partial charge in [0, 0.05) is 12.2 Å². The number of rotatable bonds is 8. The zero-order valence-electron chi connectivity index (χ0n) is 17.5. The van der Waals surface area contributed by atoms with Crippen molar-refractivity contribution in [1.82, 2.24) is 19.7 Å². The third kappa shape index (κ3) is 5.12. The Kier molecular flexibility index (Phi) is 7.09. The van der Waals surface area contributed by atoms with Crippen molar-refractivity contribution < 1.29 is 4.79 Å². The van der Waals surface area contributed by atoms with Crippen LogP contribution < -0.4 is 5.32 Å². The Morgan fingerprint density at radius 3 is 2.88 bits per heavy atom. The second kappa shape index (κ2) is 10.2. The maximum atomic E-state index is 12.6. The Morgan fingerprint density at radius 2 is 2.09 bits per heavy atom. The highest BCUT2D eigenvalue weighted by atomic mass is 32.2. The van der Waals surface area contributed by atoms with Gasteiger partial charge in [-0.3, -0.25) is 4.79 Å². The van der Waals surface area contributed by atoms with Gasteiger partial charge < -0.3 is 9.88 Å². The molecule has 1 amide bonds. The Hall–Kier alpha value is -2.87. The molecule has 2 aromatic carbocycles. The Morgan fingerprint density at radius 1 is 1.25 bits per heavy atom. The summed E-state index contributed by atoms with van der Waals surface area (Å²) in [7, 11) is 0. The molecule has 0 aliphatic carbocycles. The van der Waals surface area contributed by atoms with Gasteiger partial charge in [0.1, 0.15) is 5.82 Å². The second-order valence-electron chi connectivity index (χ2n) is 6.82. The predicted molar refractivity (Wildman–Crippen MR) is 130 cm³/mol. The van der Waals surface area contributed by atoms with Gasteiger partial charge in [0.25, 0.3) is 0 Å². The van der Waals surface area contributed by atoms with Crippen LogP contribution in [0.1, 0.15) is 25.2 Å². The molecule has 32 heavy (non-hydrogen) atoms. The van der Waals surface area contributed by atoms with Crippen molar-refractivity contribution in [3.63, 3.8) is 0 Å². The van der Waals surface area contributed by atoms with E-state index in [9.17, 15) is 4.79 Å². The molecule has 0 radical (unpaired) electrons. The lowest BCUT2D eigenvalue weighted by atomic mass is 10.2. The number of carbonyl (C=O) groups is 1. The van der Waals surface area contributed by atoms with Crippen LogP contribution >= 0.6 is 34.9 Å². The van der Waals surface area contributed by atoms with Gasteiger partial charge in [-0.2, -0.15) is 5.26 Å². The molecule has 0 aliphatic rings. The number of nitrogens with zero attached hydrogens (tertiary/aromatic N) is 5. The number of para-hydroxylation sites is 1. The van der Waals surface area contributed by atoms with Crippen molar-refractivity contribution in [2.24, 2.45) is 0 Å². The predicted octanol–water partition coefficient (Wildman–Crippen LogP) is 5.19. The van der Waals surface area contributed by atoms with E-state index in [2.05, 4.69) is 32.6 Å². The van der Waals surface area contributed by atoms with E-state index in [-0.39, 0.29) is 11.2 Å². The van der Waals surface area contributed by atoms with Crippen LogP contribution in [-0.4, -0.2) is 30.9 Å². The van der Waals surface area contributed by atoms with Gasteiger partial charge in [-0.25, -0.2) is 4.98 Å². The zero-order valence-corrected chi connectivity index (χ0v) is 19.9. The van der Waals surface area contributed by atoms with Crippen molar-refractivity contribution in [2.45, 2.75) is 40.9 Å². The highest BCUT2D eigenvalue weighted by Gasteiger charge is 2.20. The highest BCUT2D eigenvalue weighted by molar-refractivity contribution is 8.00. The lowest BCUT2D eigenvalue weighted by molar-refractivity contribution is -0.115. The van der Waals surface area contributed by atoms with Crippen LogP contribution in [0.15, 0.2) is 58.0 Å². The fourth-order valence-electron chi connectivity index (χ4n) is 2.99. The van der Waals surface area contributed by atoms with E-state index >= 15 is 0 Å². The fraction of sp³-hybridized carbons (Fsp3) is 0.227. The highest BCUT2D eigenvalue weighted by Crippen LogP contribution is 2.32. The monoisotopic (exact) mass is 480 g/mol. The molecule has 10 heteroatoms. The molecule has 0 fully saturated rings. The zero-order chi connectivity index (χ0) is 22.5. The molecule has 1 atom stereocenters. The first kappa shape index (κ1) is 22.3. The van der Waals surface area contributed by atoms with E-state index in [1.165, 1.54) is 16.5 Å². The van der Waals surface area contributed by atoms with Crippen molar-refractivity contribution in [3.8, 4) is 6.07 Å². The molecule has 7 nitrogen and oxygen atoms in total. The maximum absolute atomic E-state index is 12.6. The van der Waals surface area contributed by atoms with Crippen LogP contribution in [0.3, 0.4) is 0 Å². The number of nitrogens with one attached hydrogen (secondary N) is 1. The van der Waals surface area contributed by atoms with Gasteiger partial charge in [0.15, 0.2) is 9.50 Å². The van der Waals surface area contributed by atoms with Crippen LogP contribution in [0.25, 0.3) is 10.2 Å². The van der Waals surface area contributed by atoms with Gasteiger partial charge in [-0.15, -0.1) is 21.5 Å². The number of thiazole rings is 1. The summed E-state index contributed by atoms with van der Waals surface area (Å²) in [6.45, 7) is 4.58. The number of aromatic nitrogens is 4. The first-order chi connectivity index (χ1) is 15.6. The summed E-state index contributed by atoms with van der Waals surface area (Å²) >= 11 is 4.68. The largest absolute Gasteiger partial charge is 0.325 e. The molecule has 162 valence electrons. The average Bonchev–Trinajstić information content (AvgIpc) is 3.40. The Bertz CT molecular complexity index is 1260. The van der Waals surface area contributed by atoms with Crippen LogP contribution in [0.4, 0.5) is 5.69 Å². The fourth-order valence-corrected chi connectivity index (χ4v) is 5.93. The quantitative estimate of drug-likeness (QED) is 0.347. The molecule has 0 saturated heterocycles. The van der Waals surface area contributed by atoms with Crippen LogP contribution in [0.5, 0.6) is 0 Å². The molecule has 0 aliphatic heterocycles. The second-order valence-corrected chi connectivity index (χ2v) is 10.4. The summed E-state index contributed by atoms with van der Waals surface area (Å²) < 4.78 is 4.20. The topological polar surface area (TPSA) is 96.5 Å². The van der Waals surface area contributed by atoms with E-state index in [0.29, 0.717) is 28.7 Å². The van der Waals surface area contributed by atoms with Crippen molar-refractivity contribution in [1.29, 1.82) is 5.26 Å². The number of amides is 1. The third-order valence-electron chi connectivity index (χ3n) is 4.62. The molecular formula is C22H20N6OS3. The minimum atomic E-state index is -0.375. The number of hydrogen-bond donors (Lipinski definition) is 1. The number of nitriles is 1. The van der Waals surface area contributed by atoms with Crippen LogP contribution in [0, 0.1) is 11.3 Å². The smallest absolute Gasteiger partial charge is 0.237 e. The summed E-state index contributed by atoms with van der Waals surface area (Å²) in [5.41, 5.74) is 2.11. The molecule has 2 heterocycles. The Balaban J connectivity index is 1.40. The molecule has 1 unspecified atom stereocenters. The molecular weight excluding hydrogens is 460 g/mol. The number of hydrogen-bond acceptors (Lipinski definition) is 8. The molecule has 0 spiro atoms. The van der Waals surface area contributed by atoms with Gasteiger partial charge in [-0.1, -0.05) is 41.7 Å². The summed E-state index contributed by atoms with van der Waals surface area (Å²) in [6.07, 6.45) is 0. The first-order valence-corrected chi connectivity index (χ1v) is 12.6. The van der Waals surface area contributed by atoms with Gasteiger partial charge in [0.05, 0.1) is 32.9 Å². The minimum Gasteiger partial charge on any atom is -0.325 e. The maximum Gasteiger partial charge on any atom is 0.237 e. The van der Waals surface area contributed by atoms with Crippen LogP contribution in [0.2, 0.25) is 0 Å². The van der Waals surface area contributed by atoms with E-state index in [0.717, 1.165) is 15.7 Å². The number of fused-ring (bicyclic) bond motifs is 1. The Labute approximate surface area is 198 Å². The molecule has 4 rings (SSSR count). The van der Waals surface area contributed by atoms with Gasteiger partial charge >= 0.3 is 0 Å². The normalized spacial score (nSPS) is 11.9. The molecule has 1 N–H and O–H groups in total. The standard InChI is InChI=1S/C22H20N6OS3/c1-3-28-19(13-30-22-25-17-9-4-5-10-18(17)32-22)26-27-21(28)31-14(2)20(29)24-16-8-6-7-15(11-16)12-23/h4-11,14H,3,13H2,1-2H3,(H,24,29). The number of anilines is 1. The van der Waals surface area contributed by atoms with Crippen LogP contribution in [-0.2, 0) is 17.1 Å². The third-order valence-corrected chi connectivity index (χ3v) is 7.88. The number of carbonyl (C=O) groups excluding carboxylic acids is 1. The number of benzene rings is 2.